The summed E-state index contributed by atoms with van der Waals surface area (Å²) in [5.41, 5.74) is 3.23. The van der Waals surface area contributed by atoms with Gasteiger partial charge < -0.3 is 25.4 Å². The van der Waals surface area contributed by atoms with Crippen LogP contribution in [0.4, 0.5) is 4.39 Å². The molecular weight excluding hydrogens is 507 g/mol. The molecule has 0 radical (unpaired) electrons. The number of hydrogen-bond donors (Lipinski definition) is 4. The van der Waals surface area contributed by atoms with Gasteiger partial charge in [-0.25, -0.2) is 12.8 Å². The van der Waals surface area contributed by atoms with Crippen molar-refractivity contribution in [2.45, 2.75) is 48.5 Å². The third-order valence-corrected chi connectivity index (χ3v) is 7.27. The number of carbonyl (C=O) groups is 2. The number of carboxylic acids is 1. The monoisotopic (exact) mass is 530 g/mol. The predicted molar refractivity (Wildman–Crippen MR) is 122 cm³/mol. The SMILES string of the molecule is NC(=O)C1OC(CCCO)CC1(NS(=O)(=O)c1ccc(OCc2ccc(Cl)cc2F)cc1)C(=O)O. The molecule has 1 heterocycles. The summed E-state index contributed by atoms with van der Waals surface area (Å²) >= 11 is 5.72. The number of nitrogens with one attached hydrogen (secondary N) is 1. The van der Waals surface area contributed by atoms with Crippen LogP contribution < -0.4 is 15.2 Å². The number of nitrogens with two attached hydrogens (primary N) is 1. The third-order valence-electron chi connectivity index (χ3n) is 5.51. The lowest BCUT2D eigenvalue weighted by atomic mass is 9.89. The molecule has 3 unspecified atom stereocenters. The molecule has 1 aliphatic heterocycles. The number of carboxylic acid groups (broad SMARTS) is 1. The van der Waals surface area contributed by atoms with Crippen molar-refractivity contribution in [3.8, 4) is 5.75 Å². The van der Waals surface area contributed by atoms with E-state index in [1.54, 1.807) is 0 Å². The van der Waals surface area contributed by atoms with E-state index in [0.717, 1.165) is 6.07 Å². The third kappa shape index (κ3) is 6.08. The number of benzene rings is 2. The standard InChI is InChI=1S/C22H24ClFN2O8S/c23-14-4-3-13(18(24)10-14)12-33-15-5-7-17(8-6-15)35(31,32)26-22(21(29)30)11-16(2-1-9-27)34-19(22)20(25)28/h3-8,10,16,19,26-27H,1-2,9,11-12H2,(H2,25,28)(H,29,30). The topological polar surface area (TPSA) is 165 Å². The lowest BCUT2D eigenvalue weighted by Gasteiger charge is -2.28. The van der Waals surface area contributed by atoms with Crippen molar-refractivity contribution in [1.82, 2.24) is 4.72 Å². The Labute approximate surface area is 205 Å². The Bertz CT molecular complexity index is 1190. The Morgan fingerprint density at radius 1 is 1.26 bits per heavy atom. The number of sulfonamides is 1. The number of halogens is 2. The van der Waals surface area contributed by atoms with Crippen molar-refractivity contribution >= 4 is 33.5 Å². The van der Waals surface area contributed by atoms with E-state index >= 15 is 0 Å². The normalized spacial score (nSPS) is 22.1. The summed E-state index contributed by atoms with van der Waals surface area (Å²) in [6.07, 6.45) is -2.45. The van der Waals surface area contributed by atoms with Gasteiger partial charge >= 0.3 is 5.97 Å². The fourth-order valence-electron chi connectivity index (χ4n) is 3.77. The molecule has 1 saturated heterocycles. The number of hydrogen-bond acceptors (Lipinski definition) is 7. The maximum Gasteiger partial charge on any atom is 0.328 e. The first-order chi connectivity index (χ1) is 16.5. The number of primary amides is 1. The Hall–Kier alpha value is -2.77. The molecule has 35 heavy (non-hydrogen) atoms. The summed E-state index contributed by atoms with van der Waals surface area (Å²) in [6, 6.07) is 9.07. The van der Waals surface area contributed by atoms with Crippen LogP contribution in [0.25, 0.3) is 0 Å². The smallest absolute Gasteiger partial charge is 0.328 e. The van der Waals surface area contributed by atoms with E-state index in [9.17, 15) is 27.5 Å². The first kappa shape index (κ1) is 26.8. The van der Waals surface area contributed by atoms with Crippen LogP contribution in [0, 0.1) is 5.82 Å². The molecular formula is C22H24ClFN2O8S. The first-order valence-electron chi connectivity index (χ1n) is 10.5. The van der Waals surface area contributed by atoms with Gasteiger partial charge in [0.25, 0.3) is 0 Å². The minimum atomic E-state index is -4.45. The highest BCUT2D eigenvalue weighted by molar-refractivity contribution is 7.89. The molecule has 190 valence electrons. The van der Waals surface area contributed by atoms with Gasteiger partial charge in [-0.05, 0) is 49.2 Å². The molecule has 0 aromatic heterocycles. The predicted octanol–water partition coefficient (Wildman–Crippen LogP) is 1.58. The van der Waals surface area contributed by atoms with Crippen LogP contribution in [0.5, 0.6) is 5.75 Å². The molecule has 1 amide bonds. The maximum absolute atomic E-state index is 13.9. The molecule has 13 heteroatoms. The maximum atomic E-state index is 13.9. The van der Waals surface area contributed by atoms with E-state index in [4.69, 9.17) is 31.9 Å². The fourth-order valence-corrected chi connectivity index (χ4v) is 5.30. The second-order valence-electron chi connectivity index (χ2n) is 7.99. The molecule has 0 aliphatic carbocycles. The van der Waals surface area contributed by atoms with Gasteiger partial charge in [0.15, 0.2) is 11.6 Å². The number of aliphatic hydroxyl groups excluding tert-OH is 1. The number of amides is 1. The lowest BCUT2D eigenvalue weighted by molar-refractivity contribution is -0.150. The first-order valence-corrected chi connectivity index (χ1v) is 12.3. The van der Waals surface area contributed by atoms with Crippen LogP contribution in [0.2, 0.25) is 5.02 Å². The average Bonchev–Trinajstić information content (AvgIpc) is 3.16. The largest absolute Gasteiger partial charge is 0.489 e. The van der Waals surface area contributed by atoms with Crippen LogP contribution in [0.3, 0.4) is 0 Å². The Balaban J connectivity index is 1.78. The number of aliphatic hydroxyl groups is 1. The van der Waals surface area contributed by atoms with Crippen LogP contribution >= 0.6 is 11.6 Å². The van der Waals surface area contributed by atoms with Crippen LogP contribution in [-0.4, -0.2) is 54.9 Å². The Morgan fingerprint density at radius 3 is 2.51 bits per heavy atom. The summed E-state index contributed by atoms with van der Waals surface area (Å²) in [5, 5.41) is 19.1. The van der Waals surface area contributed by atoms with Gasteiger partial charge in [-0.3, -0.25) is 9.59 Å². The average molecular weight is 531 g/mol. The molecule has 10 nitrogen and oxygen atoms in total. The molecule has 3 atom stereocenters. The zero-order valence-corrected chi connectivity index (χ0v) is 19.9. The van der Waals surface area contributed by atoms with E-state index in [2.05, 4.69) is 4.72 Å². The van der Waals surface area contributed by atoms with Gasteiger partial charge in [0.05, 0.1) is 11.0 Å². The zero-order chi connectivity index (χ0) is 25.8. The van der Waals surface area contributed by atoms with Crippen LogP contribution in [-0.2, 0) is 31.0 Å². The zero-order valence-electron chi connectivity index (χ0n) is 18.3. The van der Waals surface area contributed by atoms with E-state index < -0.39 is 45.5 Å². The van der Waals surface area contributed by atoms with Gasteiger partial charge in [-0.1, -0.05) is 17.7 Å². The second kappa shape index (κ2) is 10.9. The number of ether oxygens (including phenoxy) is 2. The molecule has 1 fully saturated rings. The van der Waals surface area contributed by atoms with Crippen molar-refractivity contribution in [3.63, 3.8) is 0 Å². The van der Waals surface area contributed by atoms with Gasteiger partial charge in [0.2, 0.25) is 15.9 Å². The summed E-state index contributed by atoms with van der Waals surface area (Å²) in [6.45, 7) is -0.325. The number of aliphatic carboxylic acids is 1. The summed E-state index contributed by atoms with van der Waals surface area (Å²) in [5.74, 6) is -3.09. The van der Waals surface area contributed by atoms with Gasteiger partial charge in [0, 0.05) is 23.6 Å². The van der Waals surface area contributed by atoms with Crippen molar-refractivity contribution in [3.05, 3.63) is 58.9 Å². The molecule has 5 N–H and O–H groups in total. The summed E-state index contributed by atoms with van der Waals surface area (Å²) < 4.78 is 53.0. The number of carbonyl (C=O) groups excluding carboxylic acids is 1. The van der Waals surface area contributed by atoms with Crippen molar-refractivity contribution in [2.75, 3.05) is 6.61 Å². The lowest BCUT2D eigenvalue weighted by Crippen LogP contribution is -2.62. The van der Waals surface area contributed by atoms with Crippen LogP contribution in [0.15, 0.2) is 47.4 Å². The van der Waals surface area contributed by atoms with E-state index in [1.807, 2.05) is 0 Å². The molecule has 2 aromatic rings. The highest BCUT2D eigenvalue weighted by Gasteiger charge is 2.58. The second-order valence-corrected chi connectivity index (χ2v) is 10.1. The highest BCUT2D eigenvalue weighted by atomic mass is 35.5. The van der Waals surface area contributed by atoms with Gasteiger partial charge in [-0.2, -0.15) is 4.72 Å². The molecule has 0 saturated carbocycles. The quantitative estimate of drug-likeness (QED) is 0.340. The fraction of sp³-hybridized carbons (Fsp3) is 0.364. The van der Waals surface area contributed by atoms with Crippen molar-refractivity contribution in [2.24, 2.45) is 5.73 Å². The molecule has 2 aromatic carbocycles. The minimum Gasteiger partial charge on any atom is -0.489 e. The minimum absolute atomic E-state index is 0.137. The molecule has 0 bridgehead atoms. The van der Waals surface area contributed by atoms with Crippen molar-refractivity contribution in [1.29, 1.82) is 0 Å². The molecule has 1 aliphatic rings. The Morgan fingerprint density at radius 2 is 1.94 bits per heavy atom. The van der Waals surface area contributed by atoms with E-state index in [1.165, 1.54) is 36.4 Å². The van der Waals surface area contributed by atoms with E-state index in [-0.39, 0.29) is 53.7 Å². The van der Waals surface area contributed by atoms with Crippen molar-refractivity contribution < 1.29 is 42.1 Å². The van der Waals surface area contributed by atoms with E-state index in [0.29, 0.717) is 0 Å². The molecule has 0 spiro atoms. The highest BCUT2D eigenvalue weighted by Crippen LogP contribution is 2.35. The Kier molecular flexibility index (Phi) is 8.34. The molecule has 3 rings (SSSR count). The summed E-state index contributed by atoms with van der Waals surface area (Å²) in [7, 11) is -4.45. The van der Waals surface area contributed by atoms with Gasteiger partial charge in [0.1, 0.15) is 18.2 Å². The summed E-state index contributed by atoms with van der Waals surface area (Å²) in [4.78, 5) is 23.8. The van der Waals surface area contributed by atoms with Crippen LogP contribution in [0.1, 0.15) is 24.8 Å². The number of rotatable bonds is 11. The van der Waals surface area contributed by atoms with Gasteiger partial charge in [-0.15, -0.1) is 0 Å².